The number of anilines is 1. The van der Waals surface area contributed by atoms with Crippen LogP contribution >= 0.6 is 0 Å². The number of hydrogen-bond donors (Lipinski definition) is 2. The minimum absolute atomic E-state index is 0.360. The molecule has 24 heavy (non-hydrogen) atoms. The van der Waals surface area contributed by atoms with Crippen molar-refractivity contribution in [3.8, 4) is 0 Å². The van der Waals surface area contributed by atoms with Gasteiger partial charge in [0.05, 0.1) is 6.61 Å². The fourth-order valence-corrected chi connectivity index (χ4v) is 2.62. The summed E-state index contributed by atoms with van der Waals surface area (Å²) in [7, 11) is 0. The van der Waals surface area contributed by atoms with Gasteiger partial charge in [0.2, 0.25) is 0 Å². The number of aryl methyl sites for hydroxylation is 1. The molecule has 0 aliphatic heterocycles. The molecule has 0 fully saturated rings. The lowest BCUT2D eigenvalue weighted by Gasteiger charge is -2.07. The van der Waals surface area contributed by atoms with E-state index >= 15 is 0 Å². The number of ether oxygens (including phenoxy) is 1. The molecule has 0 radical (unpaired) electrons. The van der Waals surface area contributed by atoms with Gasteiger partial charge < -0.3 is 10.5 Å². The van der Waals surface area contributed by atoms with Crippen LogP contribution in [0.3, 0.4) is 0 Å². The van der Waals surface area contributed by atoms with Crippen molar-refractivity contribution < 1.29 is 9.53 Å². The van der Waals surface area contributed by atoms with Gasteiger partial charge in [-0.1, -0.05) is 64.0 Å². The molecule has 0 saturated heterocycles. The molecule has 1 aromatic carbocycles. The third kappa shape index (κ3) is 10.3. The number of nitrogens with one attached hydrogen (secondary N) is 1. The van der Waals surface area contributed by atoms with E-state index in [1.165, 1.54) is 56.9 Å². The molecule has 4 nitrogen and oxygen atoms in total. The van der Waals surface area contributed by atoms with E-state index in [0.717, 1.165) is 12.1 Å². The summed E-state index contributed by atoms with van der Waals surface area (Å²) in [5.74, 6) is 0. The molecule has 1 rings (SSSR count). The first-order chi connectivity index (χ1) is 11.8. The van der Waals surface area contributed by atoms with E-state index in [1.807, 2.05) is 12.1 Å². The molecule has 136 valence electrons. The van der Waals surface area contributed by atoms with Gasteiger partial charge in [0.1, 0.15) is 0 Å². The van der Waals surface area contributed by atoms with Gasteiger partial charge in [-0.05, 0) is 43.5 Å². The van der Waals surface area contributed by atoms with Crippen LogP contribution in [0.4, 0.5) is 10.5 Å². The Balaban J connectivity index is 2.12. The van der Waals surface area contributed by atoms with Crippen LogP contribution in [0, 0.1) is 0 Å². The van der Waals surface area contributed by atoms with Gasteiger partial charge in [-0.25, -0.2) is 4.79 Å². The molecule has 4 heteroatoms. The zero-order valence-electron chi connectivity index (χ0n) is 15.2. The summed E-state index contributed by atoms with van der Waals surface area (Å²) in [4.78, 5) is 11.5. The van der Waals surface area contributed by atoms with Gasteiger partial charge in [0.25, 0.3) is 0 Å². The van der Waals surface area contributed by atoms with Crippen LogP contribution < -0.4 is 11.1 Å². The SMILES string of the molecule is CCCCCCCCCCc1ccc(NC(=O)OCCCN)cc1. The van der Waals surface area contributed by atoms with Crippen LogP contribution in [-0.2, 0) is 11.2 Å². The van der Waals surface area contributed by atoms with Crippen LogP contribution in [0.2, 0.25) is 0 Å². The Morgan fingerprint density at radius 1 is 0.958 bits per heavy atom. The normalized spacial score (nSPS) is 10.6. The molecule has 0 aliphatic rings. The van der Waals surface area contributed by atoms with Crippen LogP contribution in [0.1, 0.15) is 70.3 Å². The van der Waals surface area contributed by atoms with E-state index in [9.17, 15) is 4.79 Å². The van der Waals surface area contributed by atoms with Gasteiger partial charge in [0, 0.05) is 5.69 Å². The maximum absolute atomic E-state index is 11.5. The van der Waals surface area contributed by atoms with Crippen molar-refractivity contribution in [3.05, 3.63) is 29.8 Å². The number of hydrogen-bond acceptors (Lipinski definition) is 3. The minimum Gasteiger partial charge on any atom is -0.449 e. The number of benzene rings is 1. The van der Waals surface area contributed by atoms with Crippen molar-refractivity contribution in [2.45, 2.75) is 71.1 Å². The first kappa shape index (κ1) is 20.5. The summed E-state index contributed by atoms with van der Waals surface area (Å²) in [5.41, 5.74) is 7.45. The summed E-state index contributed by atoms with van der Waals surface area (Å²) in [6.07, 6.45) is 12.1. The van der Waals surface area contributed by atoms with E-state index in [0.29, 0.717) is 19.6 Å². The zero-order chi connectivity index (χ0) is 17.5. The van der Waals surface area contributed by atoms with Crippen molar-refractivity contribution >= 4 is 11.8 Å². The van der Waals surface area contributed by atoms with Crippen LogP contribution in [0.15, 0.2) is 24.3 Å². The summed E-state index contributed by atoms with van der Waals surface area (Å²) in [6.45, 7) is 3.14. The maximum Gasteiger partial charge on any atom is 0.411 e. The Labute approximate surface area is 147 Å². The molecule has 1 amide bonds. The van der Waals surface area contributed by atoms with E-state index in [4.69, 9.17) is 10.5 Å². The number of rotatable bonds is 13. The Bertz CT molecular complexity index is 432. The van der Waals surface area contributed by atoms with Crippen LogP contribution in [0.25, 0.3) is 0 Å². The van der Waals surface area contributed by atoms with Gasteiger partial charge in [-0.15, -0.1) is 0 Å². The van der Waals surface area contributed by atoms with Crippen molar-refractivity contribution in [2.75, 3.05) is 18.5 Å². The summed E-state index contributed by atoms with van der Waals surface area (Å²) < 4.78 is 5.01. The van der Waals surface area contributed by atoms with Crippen molar-refractivity contribution in [3.63, 3.8) is 0 Å². The standard InChI is InChI=1S/C20H34N2O2/c1-2-3-4-5-6-7-8-9-11-18-12-14-19(15-13-18)22-20(23)24-17-10-16-21/h12-15H,2-11,16-17,21H2,1H3,(H,22,23). The second-order valence-corrected chi connectivity index (χ2v) is 6.32. The highest BCUT2D eigenvalue weighted by Crippen LogP contribution is 2.14. The van der Waals surface area contributed by atoms with E-state index in [-0.39, 0.29) is 0 Å². The van der Waals surface area contributed by atoms with Crippen LogP contribution in [-0.4, -0.2) is 19.2 Å². The third-order valence-corrected chi connectivity index (χ3v) is 4.10. The molecule has 0 bridgehead atoms. The molecule has 0 aliphatic carbocycles. The number of carbonyl (C=O) groups is 1. The predicted octanol–water partition coefficient (Wildman–Crippen LogP) is 5.27. The predicted molar refractivity (Wildman–Crippen MR) is 101 cm³/mol. The highest BCUT2D eigenvalue weighted by molar-refractivity contribution is 5.84. The van der Waals surface area contributed by atoms with Crippen molar-refractivity contribution in [1.29, 1.82) is 0 Å². The third-order valence-electron chi connectivity index (χ3n) is 4.10. The van der Waals surface area contributed by atoms with Gasteiger partial charge in [-0.3, -0.25) is 5.32 Å². The number of carbonyl (C=O) groups excluding carboxylic acids is 1. The monoisotopic (exact) mass is 334 g/mol. The number of nitrogens with two attached hydrogens (primary N) is 1. The lowest BCUT2D eigenvalue weighted by atomic mass is 10.0. The Morgan fingerprint density at radius 2 is 1.58 bits per heavy atom. The summed E-state index contributed by atoms with van der Waals surface area (Å²) in [5, 5.41) is 2.73. The first-order valence-corrected chi connectivity index (χ1v) is 9.49. The van der Waals surface area contributed by atoms with E-state index in [2.05, 4.69) is 24.4 Å². The number of unbranched alkanes of at least 4 members (excludes halogenated alkanes) is 7. The summed E-state index contributed by atoms with van der Waals surface area (Å²) >= 11 is 0. The topological polar surface area (TPSA) is 64.3 Å². The molecule has 0 heterocycles. The Kier molecular flexibility index (Phi) is 11.8. The average molecular weight is 335 g/mol. The molecule has 0 aromatic heterocycles. The second-order valence-electron chi connectivity index (χ2n) is 6.32. The van der Waals surface area contributed by atoms with Crippen molar-refractivity contribution in [1.82, 2.24) is 0 Å². The first-order valence-electron chi connectivity index (χ1n) is 9.49. The molecule has 1 aromatic rings. The van der Waals surface area contributed by atoms with Crippen molar-refractivity contribution in [2.24, 2.45) is 5.73 Å². The van der Waals surface area contributed by atoms with Crippen LogP contribution in [0.5, 0.6) is 0 Å². The second kappa shape index (κ2) is 13.8. The lowest BCUT2D eigenvalue weighted by Crippen LogP contribution is -2.15. The molecule has 0 spiro atoms. The highest BCUT2D eigenvalue weighted by Gasteiger charge is 2.02. The quantitative estimate of drug-likeness (QED) is 0.483. The molecule has 0 atom stereocenters. The molecular weight excluding hydrogens is 300 g/mol. The fourth-order valence-electron chi connectivity index (χ4n) is 2.62. The maximum atomic E-state index is 11.5. The zero-order valence-corrected chi connectivity index (χ0v) is 15.2. The van der Waals surface area contributed by atoms with Gasteiger partial charge >= 0.3 is 6.09 Å². The Hall–Kier alpha value is -1.55. The largest absolute Gasteiger partial charge is 0.449 e. The van der Waals surface area contributed by atoms with Gasteiger partial charge in [-0.2, -0.15) is 0 Å². The molecular formula is C20H34N2O2. The molecule has 3 N–H and O–H groups in total. The lowest BCUT2D eigenvalue weighted by molar-refractivity contribution is 0.161. The Morgan fingerprint density at radius 3 is 2.21 bits per heavy atom. The number of amides is 1. The summed E-state index contributed by atoms with van der Waals surface area (Å²) in [6, 6.07) is 8.03. The minimum atomic E-state index is -0.417. The van der Waals surface area contributed by atoms with E-state index < -0.39 is 6.09 Å². The fraction of sp³-hybridized carbons (Fsp3) is 0.650. The average Bonchev–Trinajstić information content (AvgIpc) is 2.59. The smallest absolute Gasteiger partial charge is 0.411 e. The highest BCUT2D eigenvalue weighted by atomic mass is 16.5. The molecule has 0 saturated carbocycles. The van der Waals surface area contributed by atoms with E-state index in [1.54, 1.807) is 0 Å². The van der Waals surface area contributed by atoms with Gasteiger partial charge in [0.15, 0.2) is 0 Å². The molecule has 0 unspecified atom stereocenters.